The van der Waals surface area contributed by atoms with Crippen molar-refractivity contribution in [3.8, 4) is 5.75 Å². The van der Waals surface area contributed by atoms with E-state index in [1.165, 1.54) is 16.5 Å². The molecule has 1 N–H and O–H groups in total. The minimum Gasteiger partial charge on any atom is -0.486 e. The Hall–Kier alpha value is -1.63. The van der Waals surface area contributed by atoms with Gasteiger partial charge in [-0.1, -0.05) is 24.4 Å². The van der Waals surface area contributed by atoms with Crippen LogP contribution in [0, 0.1) is 6.92 Å². The second-order valence-corrected chi connectivity index (χ2v) is 7.56. The van der Waals surface area contributed by atoms with Gasteiger partial charge in [0.2, 0.25) is 0 Å². The Morgan fingerprint density at radius 2 is 2.13 bits per heavy atom. The van der Waals surface area contributed by atoms with Crippen LogP contribution in [-0.4, -0.2) is 15.6 Å². The van der Waals surface area contributed by atoms with E-state index in [1.807, 2.05) is 49.6 Å². The van der Waals surface area contributed by atoms with Crippen molar-refractivity contribution in [3.63, 3.8) is 0 Å². The van der Waals surface area contributed by atoms with Crippen LogP contribution in [0.4, 0.5) is 5.69 Å². The third kappa shape index (κ3) is 4.02. The fourth-order valence-corrected chi connectivity index (χ4v) is 3.36. The zero-order valence-electron chi connectivity index (χ0n) is 12.8. The van der Waals surface area contributed by atoms with Gasteiger partial charge in [-0.05, 0) is 49.1 Å². The maximum absolute atomic E-state index is 5.87. The van der Waals surface area contributed by atoms with Crippen LogP contribution in [-0.2, 0) is 6.61 Å². The molecule has 0 spiro atoms. The van der Waals surface area contributed by atoms with Gasteiger partial charge in [0.15, 0.2) is 0 Å². The molecule has 3 rings (SSSR count). The zero-order chi connectivity index (χ0) is 16.2. The first kappa shape index (κ1) is 16.2. The van der Waals surface area contributed by atoms with Gasteiger partial charge in [0.1, 0.15) is 21.7 Å². The van der Waals surface area contributed by atoms with Gasteiger partial charge >= 0.3 is 0 Å². The number of ether oxygens (including phenoxy) is 1. The molecule has 6 heteroatoms. The summed E-state index contributed by atoms with van der Waals surface area (Å²) < 4.78 is 7.82. The van der Waals surface area contributed by atoms with Crippen molar-refractivity contribution in [2.45, 2.75) is 13.5 Å². The standard InChI is InChI=1S/C17H16N2OS3/c1-11-9-12(7-8-13(11)19-17(21)22-2)20-10-16-18-14-5-3-4-6-15(14)23-16/h3-9H,10H2,1-2H3,(H,19,21). The molecule has 3 nitrogen and oxygen atoms in total. The van der Waals surface area contributed by atoms with E-state index in [4.69, 9.17) is 17.0 Å². The Balaban J connectivity index is 1.68. The number of hydrogen-bond acceptors (Lipinski definition) is 5. The number of anilines is 1. The number of aromatic nitrogens is 1. The molecule has 0 amide bonds. The molecule has 0 fully saturated rings. The van der Waals surface area contributed by atoms with Crippen LogP contribution < -0.4 is 10.1 Å². The highest BCUT2D eigenvalue weighted by Gasteiger charge is 2.06. The molecule has 0 aliphatic heterocycles. The number of rotatable bonds is 4. The predicted octanol–water partition coefficient (Wildman–Crippen LogP) is 5.24. The van der Waals surface area contributed by atoms with Gasteiger partial charge in [-0.3, -0.25) is 0 Å². The molecule has 118 valence electrons. The lowest BCUT2D eigenvalue weighted by molar-refractivity contribution is 0.305. The molecule has 0 unspecified atom stereocenters. The second-order valence-electron chi connectivity index (χ2n) is 4.96. The van der Waals surface area contributed by atoms with Crippen molar-refractivity contribution in [1.29, 1.82) is 0 Å². The smallest absolute Gasteiger partial charge is 0.140 e. The third-order valence-corrected chi connectivity index (χ3v) is 5.41. The van der Waals surface area contributed by atoms with Crippen LogP contribution in [0.25, 0.3) is 10.2 Å². The number of aryl methyl sites for hydroxylation is 1. The molecule has 2 aromatic carbocycles. The monoisotopic (exact) mass is 360 g/mol. The lowest BCUT2D eigenvalue weighted by Gasteiger charge is -2.11. The molecule has 1 heterocycles. The summed E-state index contributed by atoms with van der Waals surface area (Å²) >= 11 is 8.38. The summed E-state index contributed by atoms with van der Waals surface area (Å²) in [5.74, 6) is 0.836. The van der Waals surface area contributed by atoms with Gasteiger partial charge < -0.3 is 10.1 Å². The van der Waals surface area contributed by atoms with Crippen molar-refractivity contribution >= 4 is 55.5 Å². The van der Waals surface area contributed by atoms with Crippen molar-refractivity contribution in [2.24, 2.45) is 0 Å². The molecule has 23 heavy (non-hydrogen) atoms. The van der Waals surface area contributed by atoms with Crippen LogP contribution >= 0.6 is 35.3 Å². The molecule has 3 aromatic rings. The maximum Gasteiger partial charge on any atom is 0.140 e. The van der Waals surface area contributed by atoms with Crippen LogP contribution in [0.15, 0.2) is 42.5 Å². The summed E-state index contributed by atoms with van der Waals surface area (Å²) in [6, 6.07) is 14.1. The first-order chi connectivity index (χ1) is 11.2. The van der Waals surface area contributed by atoms with E-state index in [0.29, 0.717) is 6.61 Å². The number of para-hydroxylation sites is 1. The van der Waals surface area contributed by atoms with E-state index in [2.05, 4.69) is 16.4 Å². The van der Waals surface area contributed by atoms with Gasteiger partial charge in [-0.15, -0.1) is 23.1 Å². The quantitative estimate of drug-likeness (QED) is 0.643. The first-order valence-electron chi connectivity index (χ1n) is 7.08. The number of benzene rings is 2. The van der Waals surface area contributed by atoms with Crippen LogP contribution in [0.5, 0.6) is 5.75 Å². The van der Waals surface area contributed by atoms with E-state index in [-0.39, 0.29) is 0 Å². The Kier molecular flexibility index (Phi) is 5.15. The largest absolute Gasteiger partial charge is 0.486 e. The molecule has 0 atom stereocenters. The average molecular weight is 361 g/mol. The highest BCUT2D eigenvalue weighted by Crippen LogP contribution is 2.25. The number of thioether (sulfide) groups is 1. The number of thiazole rings is 1. The molecular formula is C17H16N2OS3. The molecule has 0 saturated carbocycles. The molecule has 0 aliphatic carbocycles. The summed E-state index contributed by atoms with van der Waals surface area (Å²) in [4.78, 5) is 4.58. The fraction of sp³-hybridized carbons (Fsp3) is 0.176. The lowest BCUT2D eigenvalue weighted by Crippen LogP contribution is -2.05. The Bertz CT molecular complexity index is 812. The average Bonchev–Trinajstić information content (AvgIpc) is 2.98. The fourth-order valence-electron chi connectivity index (χ4n) is 2.15. The molecule has 0 bridgehead atoms. The Morgan fingerprint density at radius 1 is 1.30 bits per heavy atom. The predicted molar refractivity (Wildman–Crippen MR) is 105 cm³/mol. The highest BCUT2D eigenvalue weighted by molar-refractivity contribution is 8.22. The minimum absolute atomic E-state index is 0.481. The van der Waals surface area contributed by atoms with E-state index < -0.39 is 0 Å². The molecule has 1 aromatic heterocycles. The number of fused-ring (bicyclic) bond motifs is 1. The summed E-state index contributed by atoms with van der Waals surface area (Å²) in [6.07, 6.45) is 1.96. The maximum atomic E-state index is 5.87. The van der Waals surface area contributed by atoms with E-state index in [0.717, 1.165) is 31.8 Å². The highest BCUT2D eigenvalue weighted by atomic mass is 32.2. The zero-order valence-corrected chi connectivity index (χ0v) is 15.3. The summed E-state index contributed by atoms with van der Waals surface area (Å²) in [7, 11) is 0. The van der Waals surface area contributed by atoms with E-state index >= 15 is 0 Å². The number of nitrogens with one attached hydrogen (secondary N) is 1. The normalized spacial score (nSPS) is 10.7. The van der Waals surface area contributed by atoms with Crippen molar-refractivity contribution in [2.75, 3.05) is 11.6 Å². The lowest BCUT2D eigenvalue weighted by atomic mass is 10.2. The van der Waals surface area contributed by atoms with Crippen LogP contribution in [0.1, 0.15) is 10.6 Å². The minimum atomic E-state index is 0.481. The van der Waals surface area contributed by atoms with Gasteiger partial charge in [0.25, 0.3) is 0 Å². The summed E-state index contributed by atoms with van der Waals surface area (Å²) in [6.45, 7) is 2.52. The Labute approximate surface area is 149 Å². The number of thiocarbonyl (C=S) groups is 1. The summed E-state index contributed by atoms with van der Waals surface area (Å²) in [5.41, 5.74) is 3.14. The second kappa shape index (κ2) is 7.29. The molecule has 0 aliphatic rings. The third-order valence-electron chi connectivity index (χ3n) is 3.32. The Morgan fingerprint density at radius 3 is 2.87 bits per heavy atom. The van der Waals surface area contributed by atoms with Crippen molar-refractivity contribution in [1.82, 2.24) is 4.98 Å². The molecule has 0 radical (unpaired) electrons. The number of nitrogens with zero attached hydrogens (tertiary/aromatic N) is 1. The topological polar surface area (TPSA) is 34.1 Å². The van der Waals surface area contributed by atoms with Crippen molar-refractivity contribution < 1.29 is 4.74 Å². The first-order valence-corrected chi connectivity index (χ1v) is 9.53. The van der Waals surface area contributed by atoms with Gasteiger partial charge in [0, 0.05) is 5.69 Å². The molecular weight excluding hydrogens is 344 g/mol. The van der Waals surface area contributed by atoms with Crippen LogP contribution in [0.3, 0.4) is 0 Å². The SMILES string of the molecule is CSC(=S)Nc1ccc(OCc2nc3ccccc3s2)cc1C. The summed E-state index contributed by atoms with van der Waals surface area (Å²) in [5, 5.41) is 4.19. The number of hydrogen-bond donors (Lipinski definition) is 1. The van der Waals surface area contributed by atoms with Crippen molar-refractivity contribution in [3.05, 3.63) is 53.0 Å². The van der Waals surface area contributed by atoms with Gasteiger partial charge in [0.05, 0.1) is 10.2 Å². The van der Waals surface area contributed by atoms with Gasteiger partial charge in [-0.2, -0.15) is 0 Å². The molecule has 0 saturated heterocycles. The van der Waals surface area contributed by atoms with E-state index in [9.17, 15) is 0 Å². The van der Waals surface area contributed by atoms with E-state index in [1.54, 1.807) is 11.3 Å². The van der Waals surface area contributed by atoms with Gasteiger partial charge in [-0.25, -0.2) is 4.98 Å². The van der Waals surface area contributed by atoms with Crippen LogP contribution in [0.2, 0.25) is 0 Å².